The molecule has 0 saturated heterocycles. The maximum Gasteiger partial charge on any atom is 0.0822 e. The molecule has 2 nitrogen and oxygen atoms in total. The number of fused-ring (bicyclic) bond motifs is 1. The Morgan fingerprint density at radius 3 is 2.21 bits per heavy atom. The fraction of sp³-hybridized carbons (Fsp3) is 0.471. The van der Waals surface area contributed by atoms with Crippen molar-refractivity contribution >= 4 is 5.70 Å². The minimum atomic E-state index is -0.354. The minimum Gasteiger partial charge on any atom is -0.318 e. The van der Waals surface area contributed by atoms with E-state index in [0.29, 0.717) is 0 Å². The van der Waals surface area contributed by atoms with Crippen molar-refractivity contribution in [1.29, 1.82) is 5.26 Å². The van der Waals surface area contributed by atoms with E-state index in [1.54, 1.807) is 0 Å². The first-order valence-electron chi connectivity index (χ1n) is 6.85. The maximum atomic E-state index is 9.65. The lowest BCUT2D eigenvalue weighted by Gasteiger charge is -2.25. The van der Waals surface area contributed by atoms with Gasteiger partial charge in [-0.25, -0.2) is 0 Å². The molecule has 0 amide bonds. The van der Waals surface area contributed by atoms with Gasteiger partial charge in [0.15, 0.2) is 0 Å². The number of hydrogen-bond donors (Lipinski definition) is 0. The Bertz CT molecular complexity index is 677. The van der Waals surface area contributed by atoms with Crippen LogP contribution in [-0.4, -0.2) is 4.57 Å². The number of aromatic nitrogens is 1. The molecule has 1 aromatic rings. The van der Waals surface area contributed by atoms with Crippen LogP contribution in [0.4, 0.5) is 0 Å². The summed E-state index contributed by atoms with van der Waals surface area (Å²) in [4.78, 5) is 0. The summed E-state index contributed by atoms with van der Waals surface area (Å²) in [6.45, 7) is 10.9. The monoisotopic (exact) mass is 252 g/mol. The molecule has 1 aromatic heterocycles. The lowest BCUT2D eigenvalue weighted by atomic mass is 9.80. The van der Waals surface area contributed by atoms with Gasteiger partial charge < -0.3 is 4.57 Å². The summed E-state index contributed by atoms with van der Waals surface area (Å²) in [6.07, 6.45) is 7.24. The van der Waals surface area contributed by atoms with E-state index in [1.165, 1.54) is 28.2 Å². The molecule has 0 aromatic carbocycles. The van der Waals surface area contributed by atoms with E-state index in [1.807, 2.05) is 0 Å². The van der Waals surface area contributed by atoms with Gasteiger partial charge in [0.1, 0.15) is 0 Å². The number of rotatable bonds is 1. The molecule has 98 valence electrons. The van der Waals surface area contributed by atoms with Crippen LogP contribution in [0.2, 0.25) is 0 Å². The molecule has 0 bridgehead atoms. The normalized spacial score (nSPS) is 26.6. The smallest absolute Gasteiger partial charge is 0.0822 e. The molecule has 0 spiro atoms. The van der Waals surface area contributed by atoms with Crippen LogP contribution in [0.5, 0.6) is 0 Å². The van der Waals surface area contributed by atoms with Crippen molar-refractivity contribution in [2.75, 3.05) is 0 Å². The molecule has 0 aliphatic heterocycles. The first-order chi connectivity index (χ1) is 8.82. The summed E-state index contributed by atoms with van der Waals surface area (Å²) in [7, 11) is 0. The van der Waals surface area contributed by atoms with Gasteiger partial charge in [0.05, 0.1) is 11.5 Å². The molecule has 0 fully saturated rings. The van der Waals surface area contributed by atoms with Gasteiger partial charge in [-0.2, -0.15) is 5.26 Å². The van der Waals surface area contributed by atoms with Crippen molar-refractivity contribution < 1.29 is 0 Å². The van der Waals surface area contributed by atoms with E-state index < -0.39 is 0 Å². The maximum absolute atomic E-state index is 9.65. The number of nitrogens with zero attached hydrogens (tertiary/aromatic N) is 2. The molecule has 19 heavy (non-hydrogen) atoms. The number of hydrogen-bond acceptors (Lipinski definition) is 1. The van der Waals surface area contributed by atoms with Crippen molar-refractivity contribution in [2.24, 2.45) is 0 Å². The third-order valence-corrected chi connectivity index (χ3v) is 4.71. The van der Waals surface area contributed by atoms with E-state index in [4.69, 9.17) is 0 Å². The van der Waals surface area contributed by atoms with E-state index >= 15 is 0 Å². The summed E-state index contributed by atoms with van der Waals surface area (Å²) in [5.41, 5.74) is 6.14. The van der Waals surface area contributed by atoms with Crippen LogP contribution in [0.1, 0.15) is 49.7 Å². The summed E-state index contributed by atoms with van der Waals surface area (Å²) >= 11 is 0. The fourth-order valence-electron chi connectivity index (χ4n) is 4.21. The highest BCUT2D eigenvalue weighted by Gasteiger charge is 2.49. The summed E-state index contributed by atoms with van der Waals surface area (Å²) in [5, 5.41) is 9.65. The van der Waals surface area contributed by atoms with Crippen molar-refractivity contribution in [3.8, 4) is 6.07 Å². The average molecular weight is 252 g/mol. The highest BCUT2D eigenvalue weighted by molar-refractivity contribution is 5.72. The highest BCUT2D eigenvalue weighted by atomic mass is 15.0. The third kappa shape index (κ3) is 1.36. The molecule has 1 heterocycles. The van der Waals surface area contributed by atoms with E-state index in [0.717, 1.165) is 6.42 Å². The number of allylic oxidation sites excluding steroid dienone is 4. The van der Waals surface area contributed by atoms with E-state index in [-0.39, 0.29) is 10.8 Å². The van der Waals surface area contributed by atoms with Crippen LogP contribution >= 0.6 is 0 Å². The zero-order valence-corrected chi connectivity index (χ0v) is 12.3. The Morgan fingerprint density at radius 2 is 1.74 bits per heavy atom. The molecule has 0 N–H and O–H groups in total. The molecule has 2 aliphatic carbocycles. The average Bonchev–Trinajstić information content (AvgIpc) is 2.63. The van der Waals surface area contributed by atoms with Crippen LogP contribution in [0.3, 0.4) is 0 Å². The van der Waals surface area contributed by atoms with Crippen molar-refractivity contribution in [1.82, 2.24) is 4.57 Å². The van der Waals surface area contributed by atoms with E-state index in [2.05, 4.69) is 63.5 Å². The van der Waals surface area contributed by atoms with Crippen LogP contribution in [0, 0.1) is 25.2 Å². The molecular weight excluding hydrogens is 232 g/mol. The zero-order chi connectivity index (χ0) is 14.0. The molecule has 1 atom stereocenters. The quantitative estimate of drug-likeness (QED) is 0.743. The van der Waals surface area contributed by atoms with Gasteiger partial charge in [0.2, 0.25) is 0 Å². The second kappa shape index (κ2) is 3.42. The molecule has 2 aliphatic rings. The lowest BCUT2D eigenvalue weighted by molar-refractivity contribution is 0.435. The third-order valence-electron chi connectivity index (χ3n) is 4.71. The van der Waals surface area contributed by atoms with Gasteiger partial charge in [-0.15, -0.1) is 0 Å². The lowest BCUT2D eigenvalue weighted by Crippen LogP contribution is -2.22. The van der Waals surface area contributed by atoms with Crippen molar-refractivity contribution in [3.05, 3.63) is 40.7 Å². The summed E-state index contributed by atoms with van der Waals surface area (Å²) < 4.78 is 2.31. The van der Waals surface area contributed by atoms with Crippen LogP contribution in [-0.2, 0) is 10.8 Å². The van der Waals surface area contributed by atoms with Gasteiger partial charge in [0.25, 0.3) is 0 Å². The second-order valence-corrected chi connectivity index (χ2v) is 6.71. The first-order valence-corrected chi connectivity index (χ1v) is 6.85. The molecule has 3 rings (SSSR count). The summed E-state index contributed by atoms with van der Waals surface area (Å²) in [5.74, 6) is 0. The van der Waals surface area contributed by atoms with Gasteiger partial charge in [-0.1, -0.05) is 19.9 Å². The molecule has 2 heteroatoms. The predicted molar refractivity (Wildman–Crippen MR) is 77.9 cm³/mol. The van der Waals surface area contributed by atoms with Gasteiger partial charge in [0, 0.05) is 17.1 Å². The van der Waals surface area contributed by atoms with Crippen molar-refractivity contribution in [2.45, 2.75) is 51.9 Å². The van der Waals surface area contributed by atoms with Gasteiger partial charge >= 0.3 is 0 Å². The van der Waals surface area contributed by atoms with Crippen LogP contribution in [0.15, 0.2) is 18.2 Å². The van der Waals surface area contributed by atoms with E-state index in [9.17, 15) is 5.26 Å². The Labute approximate surface area is 115 Å². The second-order valence-electron chi connectivity index (χ2n) is 6.71. The van der Waals surface area contributed by atoms with Gasteiger partial charge in [-0.3, -0.25) is 0 Å². The Hall–Kier alpha value is -1.75. The summed E-state index contributed by atoms with van der Waals surface area (Å²) in [6, 6.07) is 2.56. The molecule has 1 unspecified atom stereocenters. The largest absolute Gasteiger partial charge is 0.318 e. The van der Waals surface area contributed by atoms with Crippen LogP contribution in [0.25, 0.3) is 5.70 Å². The highest BCUT2D eigenvalue weighted by Crippen LogP contribution is 2.53. The minimum absolute atomic E-state index is 0.0773. The molecular formula is C17H20N2. The SMILES string of the molecule is Cc1c2c(c(C)n1C1=CC=C1)C(C)(C#N)CC2(C)C. The van der Waals surface area contributed by atoms with Crippen LogP contribution < -0.4 is 0 Å². The predicted octanol–water partition coefficient (Wildman–Crippen LogP) is 3.98. The fourth-order valence-corrected chi connectivity index (χ4v) is 4.21. The topological polar surface area (TPSA) is 28.7 Å². The first kappa shape index (κ1) is 12.3. The standard InChI is InChI=1S/C17H20N2/c1-11-14-15(12(2)19(11)13-7-6-8-13)17(5,10-18)9-16(14,3)4/h6-8H,9H2,1-5H3. The van der Waals surface area contributed by atoms with Gasteiger partial charge in [-0.05, 0) is 55.9 Å². The Balaban J connectivity index is 2.34. The number of nitriles is 1. The van der Waals surface area contributed by atoms with Crippen molar-refractivity contribution in [3.63, 3.8) is 0 Å². The molecule has 0 radical (unpaired) electrons. The zero-order valence-electron chi connectivity index (χ0n) is 12.3. The Morgan fingerprint density at radius 1 is 1.16 bits per heavy atom. The Kier molecular flexibility index (Phi) is 2.21. The molecule has 0 saturated carbocycles.